The van der Waals surface area contributed by atoms with Crippen molar-refractivity contribution in [2.75, 3.05) is 0 Å². The first kappa shape index (κ1) is 12.0. The van der Waals surface area contributed by atoms with Crippen LogP contribution in [0.15, 0.2) is 52.1 Å². The number of fused-ring (bicyclic) bond motifs is 5. The fraction of sp³-hybridized carbons (Fsp3) is 0. The molecule has 104 valence electrons. The quantitative estimate of drug-likeness (QED) is 0.402. The maximum Gasteiger partial charge on any atom is 0.283 e. The molecule has 5 nitrogen and oxygen atoms in total. The molecule has 0 aliphatic heterocycles. The Hall–Kier alpha value is -2.60. The highest BCUT2D eigenvalue weighted by Crippen LogP contribution is 2.33. The lowest BCUT2D eigenvalue weighted by Crippen LogP contribution is -2.15. The minimum Gasteiger partial charge on any atom is -0.272 e. The van der Waals surface area contributed by atoms with Crippen molar-refractivity contribution in [3.8, 4) is 0 Å². The van der Waals surface area contributed by atoms with Crippen molar-refractivity contribution >= 4 is 54.3 Å². The molecular formula is C16H7BrN4O. The van der Waals surface area contributed by atoms with E-state index in [9.17, 15) is 4.79 Å². The fourth-order valence-electron chi connectivity index (χ4n) is 3.10. The van der Waals surface area contributed by atoms with Gasteiger partial charge >= 0.3 is 0 Å². The van der Waals surface area contributed by atoms with E-state index >= 15 is 0 Å². The summed E-state index contributed by atoms with van der Waals surface area (Å²) in [5.74, 6) is 0. The average molecular weight is 351 g/mol. The van der Waals surface area contributed by atoms with Gasteiger partial charge in [-0.25, -0.2) is 4.98 Å². The van der Waals surface area contributed by atoms with Crippen molar-refractivity contribution in [3.05, 3.63) is 57.7 Å². The minimum atomic E-state index is -0.161. The van der Waals surface area contributed by atoms with Crippen LogP contribution in [-0.2, 0) is 0 Å². The molecule has 0 atom stereocenters. The Morgan fingerprint density at radius 3 is 2.50 bits per heavy atom. The van der Waals surface area contributed by atoms with Crippen molar-refractivity contribution in [1.82, 2.24) is 19.4 Å². The van der Waals surface area contributed by atoms with E-state index in [-0.39, 0.29) is 5.56 Å². The summed E-state index contributed by atoms with van der Waals surface area (Å²) in [4.78, 5) is 25.8. The van der Waals surface area contributed by atoms with E-state index in [4.69, 9.17) is 0 Å². The van der Waals surface area contributed by atoms with Crippen LogP contribution in [0.1, 0.15) is 0 Å². The van der Waals surface area contributed by atoms with Crippen molar-refractivity contribution in [2.45, 2.75) is 0 Å². The van der Waals surface area contributed by atoms with E-state index in [0.717, 1.165) is 26.3 Å². The van der Waals surface area contributed by atoms with Gasteiger partial charge in [-0.15, -0.1) is 0 Å². The molecule has 0 bridgehead atoms. The predicted octanol–water partition coefficient (Wildman–Crippen LogP) is 3.14. The van der Waals surface area contributed by atoms with Gasteiger partial charge in [0.05, 0.1) is 11.0 Å². The summed E-state index contributed by atoms with van der Waals surface area (Å²) < 4.78 is 2.66. The maximum atomic E-state index is 12.9. The van der Waals surface area contributed by atoms with E-state index < -0.39 is 0 Å². The second kappa shape index (κ2) is 3.98. The summed E-state index contributed by atoms with van der Waals surface area (Å²) in [7, 11) is 0. The number of rotatable bonds is 0. The van der Waals surface area contributed by atoms with Crippen LogP contribution in [-0.4, -0.2) is 19.4 Å². The normalized spacial score (nSPS) is 12.0. The molecule has 0 saturated carbocycles. The molecule has 0 radical (unpaired) electrons. The molecule has 5 rings (SSSR count). The van der Waals surface area contributed by atoms with E-state index in [0.29, 0.717) is 16.6 Å². The lowest BCUT2D eigenvalue weighted by molar-refractivity contribution is 1.16. The number of hydrogen-bond donors (Lipinski definition) is 0. The zero-order valence-electron chi connectivity index (χ0n) is 11.1. The predicted molar refractivity (Wildman–Crippen MR) is 88.5 cm³/mol. The first-order valence-electron chi connectivity index (χ1n) is 6.70. The monoisotopic (exact) mass is 350 g/mol. The summed E-state index contributed by atoms with van der Waals surface area (Å²) in [6.45, 7) is 0. The lowest BCUT2D eigenvalue weighted by atomic mass is 10.1. The second-order valence-corrected chi connectivity index (χ2v) is 6.03. The molecule has 0 N–H and O–H groups in total. The Kier molecular flexibility index (Phi) is 2.17. The largest absolute Gasteiger partial charge is 0.283 e. The van der Waals surface area contributed by atoms with Crippen LogP contribution in [0.5, 0.6) is 0 Å². The van der Waals surface area contributed by atoms with E-state index in [1.807, 2.05) is 24.3 Å². The van der Waals surface area contributed by atoms with Gasteiger partial charge in [0.15, 0.2) is 5.52 Å². The minimum absolute atomic E-state index is 0.161. The molecule has 0 aliphatic rings. The SMILES string of the molecule is O=c1c2nccnc2c2nccc3c4cc(Br)ccc4n1c32. The number of nitrogens with zero attached hydrogens (tertiary/aromatic N) is 4. The Morgan fingerprint density at radius 2 is 1.64 bits per heavy atom. The first-order chi connectivity index (χ1) is 10.8. The first-order valence-corrected chi connectivity index (χ1v) is 7.50. The molecule has 0 fully saturated rings. The van der Waals surface area contributed by atoms with Crippen LogP contribution in [0.2, 0.25) is 0 Å². The van der Waals surface area contributed by atoms with Crippen LogP contribution < -0.4 is 5.56 Å². The molecular weight excluding hydrogens is 344 g/mol. The van der Waals surface area contributed by atoms with E-state index in [2.05, 4.69) is 30.9 Å². The van der Waals surface area contributed by atoms with Crippen LogP contribution in [0.25, 0.3) is 38.4 Å². The molecule has 6 heteroatoms. The topological polar surface area (TPSA) is 60.2 Å². The number of pyridine rings is 2. The molecule has 0 saturated heterocycles. The highest BCUT2D eigenvalue weighted by Gasteiger charge is 2.18. The highest BCUT2D eigenvalue weighted by atomic mass is 79.9. The molecule has 22 heavy (non-hydrogen) atoms. The van der Waals surface area contributed by atoms with Crippen molar-refractivity contribution < 1.29 is 0 Å². The zero-order chi connectivity index (χ0) is 14.8. The Bertz CT molecular complexity index is 1260. The van der Waals surface area contributed by atoms with Gasteiger partial charge in [0.25, 0.3) is 5.56 Å². The van der Waals surface area contributed by atoms with E-state index in [1.165, 1.54) is 6.20 Å². The van der Waals surface area contributed by atoms with Gasteiger partial charge < -0.3 is 0 Å². The van der Waals surface area contributed by atoms with Crippen molar-refractivity contribution in [2.24, 2.45) is 0 Å². The van der Waals surface area contributed by atoms with Crippen LogP contribution >= 0.6 is 15.9 Å². The average Bonchev–Trinajstić information content (AvgIpc) is 2.88. The van der Waals surface area contributed by atoms with Crippen molar-refractivity contribution in [3.63, 3.8) is 0 Å². The molecule has 4 aromatic heterocycles. The fourth-order valence-corrected chi connectivity index (χ4v) is 3.46. The third-order valence-electron chi connectivity index (χ3n) is 3.97. The van der Waals surface area contributed by atoms with Gasteiger partial charge in [0.1, 0.15) is 11.0 Å². The highest BCUT2D eigenvalue weighted by molar-refractivity contribution is 9.10. The maximum absolute atomic E-state index is 12.9. The summed E-state index contributed by atoms with van der Waals surface area (Å²) in [6, 6.07) is 7.81. The number of hydrogen-bond acceptors (Lipinski definition) is 4. The van der Waals surface area contributed by atoms with Crippen molar-refractivity contribution in [1.29, 1.82) is 0 Å². The molecule has 5 aromatic rings. The molecule has 0 unspecified atom stereocenters. The van der Waals surface area contributed by atoms with Gasteiger partial charge in [-0.05, 0) is 24.3 Å². The Morgan fingerprint density at radius 1 is 0.864 bits per heavy atom. The second-order valence-electron chi connectivity index (χ2n) is 5.11. The third-order valence-corrected chi connectivity index (χ3v) is 4.46. The molecule has 1 aromatic carbocycles. The molecule has 0 spiro atoms. The van der Waals surface area contributed by atoms with Crippen LogP contribution in [0.3, 0.4) is 0 Å². The smallest absolute Gasteiger partial charge is 0.272 e. The van der Waals surface area contributed by atoms with Gasteiger partial charge in [0, 0.05) is 33.8 Å². The Labute approximate surface area is 131 Å². The molecule has 0 amide bonds. The number of aromatic nitrogens is 4. The summed E-state index contributed by atoms with van der Waals surface area (Å²) in [5.41, 5.74) is 3.09. The van der Waals surface area contributed by atoms with Gasteiger partial charge in [0.2, 0.25) is 0 Å². The molecule has 0 aliphatic carbocycles. The van der Waals surface area contributed by atoms with Gasteiger partial charge in [-0.2, -0.15) is 0 Å². The Balaban J connectivity index is 2.29. The number of halogens is 1. The summed E-state index contributed by atoms with van der Waals surface area (Å²) in [5, 5.41) is 2.00. The van der Waals surface area contributed by atoms with Crippen LogP contribution in [0, 0.1) is 0 Å². The van der Waals surface area contributed by atoms with E-state index in [1.54, 1.807) is 16.8 Å². The standard InChI is InChI=1S/C16H7BrN4O/c17-8-1-2-11-10(7-8)9-3-4-18-13-12-14(20-6-5-19-12)16(22)21(11)15(9)13/h1-7H. The summed E-state index contributed by atoms with van der Waals surface area (Å²) >= 11 is 3.49. The number of benzene rings is 1. The lowest BCUT2D eigenvalue weighted by Gasteiger charge is -2.03. The van der Waals surface area contributed by atoms with Gasteiger partial charge in [-0.3, -0.25) is 19.2 Å². The van der Waals surface area contributed by atoms with Gasteiger partial charge in [-0.1, -0.05) is 15.9 Å². The zero-order valence-corrected chi connectivity index (χ0v) is 12.7. The third kappa shape index (κ3) is 1.33. The molecule has 4 heterocycles. The summed E-state index contributed by atoms with van der Waals surface area (Å²) in [6.07, 6.45) is 4.86. The van der Waals surface area contributed by atoms with Crippen LogP contribution in [0.4, 0.5) is 0 Å².